The Labute approximate surface area is 149 Å². The second kappa shape index (κ2) is 7.30. The van der Waals surface area contributed by atoms with Crippen molar-refractivity contribution in [2.45, 2.75) is 26.4 Å². The van der Waals surface area contributed by atoms with E-state index in [1.807, 2.05) is 50.2 Å². The van der Waals surface area contributed by atoms with E-state index < -0.39 is 6.10 Å². The van der Waals surface area contributed by atoms with Crippen LogP contribution in [0.4, 0.5) is 5.13 Å². The highest BCUT2D eigenvalue weighted by Crippen LogP contribution is 2.36. The summed E-state index contributed by atoms with van der Waals surface area (Å²) in [6, 6.07) is 13.1. The monoisotopic (exact) mass is 359 g/mol. The second-order valence-electron chi connectivity index (χ2n) is 5.49. The van der Waals surface area contributed by atoms with Gasteiger partial charge in [0.15, 0.2) is 0 Å². The Morgan fingerprint density at radius 1 is 1.33 bits per heavy atom. The molecule has 0 radical (unpaired) electrons. The smallest absolute Gasteiger partial charge is 0.204 e. The highest BCUT2D eigenvalue weighted by Gasteiger charge is 2.17. The number of nitrogens with zero attached hydrogens (tertiary/aromatic N) is 2. The number of anilines is 1. The topological polar surface area (TPSA) is 57.5 Å². The fourth-order valence-electron chi connectivity index (χ4n) is 2.31. The number of rotatable bonds is 5. The number of hydrogen-bond donors (Lipinski definition) is 2. The van der Waals surface area contributed by atoms with E-state index in [0.29, 0.717) is 15.7 Å². The maximum atomic E-state index is 10.7. The molecule has 1 atom stereocenters. The largest absolute Gasteiger partial charge is 0.384 e. The molecule has 0 aliphatic heterocycles. The zero-order valence-electron chi connectivity index (χ0n) is 13.5. The summed E-state index contributed by atoms with van der Waals surface area (Å²) in [6.45, 7) is 4.01. The molecule has 0 spiro atoms. The van der Waals surface area contributed by atoms with E-state index in [0.717, 1.165) is 27.9 Å². The molecule has 0 saturated carbocycles. The van der Waals surface area contributed by atoms with Crippen LogP contribution in [0.25, 0.3) is 10.2 Å². The van der Waals surface area contributed by atoms with Crippen LogP contribution in [0.3, 0.4) is 0 Å². The summed E-state index contributed by atoms with van der Waals surface area (Å²) in [5, 5.41) is 16.3. The minimum Gasteiger partial charge on any atom is -0.384 e. The van der Waals surface area contributed by atoms with E-state index >= 15 is 0 Å². The predicted molar refractivity (Wildman–Crippen MR) is 102 cm³/mol. The van der Waals surface area contributed by atoms with Gasteiger partial charge in [-0.25, -0.2) is 4.98 Å². The molecular formula is C18H18ClN3OS. The van der Waals surface area contributed by atoms with Crippen molar-refractivity contribution in [1.29, 1.82) is 0 Å². The summed E-state index contributed by atoms with van der Waals surface area (Å²) in [6.07, 6.45) is 0.102. The van der Waals surface area contributed by atoms with Crippen LogP contribution in [0.1, 0.15) is 37.5 Å². The van der Waals surface area contributed by atoms with E-state index in [1.165, 1.54) is 11.3 Å². The van der Waals surface area contributed by atoms with Crippen molar-refractivity contribution in [2.24, 2.45) is 5.10 Å². The summed E-state index contributed by atoms with van der Waals surface area (Å²) in [5.41, 5.74) is 6.23. The molecule has 24 heavy (non-hydrogen) atoms. The van der Waals surface area contributed by atoms with Crippen LogP contribution in [0.15, 0.2) is 47.6 Å². The number of benzene rings is 2. The van der Waals surface area contributed by atoms with Crippen molar-refractivity contribution < 1.29 is 5.11 Å². The van der Waals surface area contributed by atoms with Crippen molar-refractivity contribution in [2.75, 3.05) is 5.43 Å². The van der Waals surface area contributed by atoms with Crippen LogP contribution in [0.5, 0.6) is 0 Å². The van der Waals surface area contributed by atoms with E-state index in [2.05, 4.69) is 15.5 Å². The summed E-state index contributed by atoms with van der Waals surface area (Å²) >= 11 is 7.70. The van der Waals surface area contributed by atoms with Crippen molar-refractivity contribution in [3.8, 4) is 0 Å². The first-order valence-electron chi connectivity index (χ1n) is 7.70. The molecule has 0 bridgehead atoms. The Hall–Kier alpha value is -1.95. The molecule has 0 unspecified atom stereocenters. The fraction of sp³-hybridized carbons (Fsp3) is 0.222. The van der Waals surface area contributed by atoms with Crippen molar-refractivity contribution in [3.05, 3.63) is 58.6 Å². The average Bonchev–Trinajstić information content (AvgIpc) is 3.01. The van der Waals surface area contributed by atoms with E-state index in [-0.39, 0.29) is 0 Å². The van der Waals surface area contributed by atoms with Crippen LogP contribution in [-0.2, 0) is 0 Å². The number of hydrazone groups is 1. The normalized spacial score (nSPS) is 13.2. The predicted octanol–water partition coefficient (Wildman–Crippen LogP) is 5.23. The third kappa shape index (κ3) is 3.59. The van der Waals surface area contributed by atoms with Crippen LogP contribution in [0, 0.1) is 0 Å². The van der Waals surface area contributed by atoms with Gasteiger partial charge in [0.1, 0.15) is 6.10 Å². The molecule has 4 nitrogen and oxygen atoms in total. The average molecular weight is 360 g/mol. The lowest BCUT2D eigenvalue weighted by Crippen LogP contribution is -2.00. The van der Waals surface area contributed by atoms with E-state index in [4.69, 9.17) is 11.6 Å². The number of aliphatic hydroxyl groups excluding tert-OH is 1. The minimum atomic E-state index is -0.775. The number of fused-ring (bicyclic) bond motifs is 1. The maximum Gasteiger partial charge on any atom is 0.204 e. The van der Waals surface area contributed by atoms with Gasteiger partial charge in [-0.3, -0.25) is 5.43 Å². The van der Waals surface area contributed by atoms with Crippen LogP contribution in [0.2, 0.25) is 5.02 Å². The lowest BCUT2D eigenvalue weighted by atomic mass is 10.0. The van der Waals surface area contributed by atoms with Crippen molar-refractivity contribution >= 4 is 44.0 Å². The van der Waals surface area contributed by atoms with Gasteiger partial charge < -0.3 is 5.11 Å². The quantitative estimate of drug-likeness (QED) is 0.484. The van der Waals surface area contributed by atoms with Crippen molar-refractivity contribution in [1.82, 2.24) is 4.98 Å². The molecule has 2 N–H and O–H groups in total. The molecule has 1 heterocycles. The Bertz CT molecular complexity index is 877. The van der Waals surface area contributed by atoms with E-state index in [1.54, 1.807) is 6.07 Å². The second-order valence-corrected chi connectivity index (χ2v) is 6.95. The van der Waals surface area contributed by atoms with Crippen LogP contribution >= 0.6 is 22.9 Å². The fourth-order valence-corrected chi connectivity index (χ4v) is 3.49. The minimum absolute atomic E-state index is 0.580. The van der Waals surface area contributed by atoms with Gasteiger partial charge in [-0.1, -0.05) is 60.2 Å². The van der Waals surface area contributed by atoms with Crippen LogP contribution < -0.4 is 5.43 Å². The molecule has 124 valence electrons. The first-order chi connectivity index (χ1) is 11.6. The van der Waals surface area contributed by atoms with Gasteiger partial charge in [0.05, 0.1) is 10.2 Å². The van der Waals surface area contributed by atoms with Gasteiger partial charge in [0.25, 0.3) is 0 Å². The molecule has 0 fully saturated rings. The molecule has 0 amide bonds. The summed E-state index contributed by atoms with van der Waals surface area (Å²) in [5.74, 6) is 0. The number of aromatic nitrogens is 1. The summed E-state index contributed by atoms with van der Waals surface area (Å²) in [7, 11) is 0. The number of halogens is 1. The molecule has 1 aromatic heterocycles. The molecule has 0 aliphatic rings. The van der Waals surface area contributed by atoms with Crippen molar-refractivity contribution in [3.63, 3.8) is 0 Å². The van der Waals surface area contributed by atoms with Crippen LogP contribution in [-0.4, -0.2) is 15.8 Å². The number of thiazole rings is 1. The SMILES string of the molecule is CC/C(C)=N\Nc1nc2c([C@H](O)c3ccccc3)cc(Cl)cc2s1. The Morgan fingerprint density at radius 3 is 2.79 bits per heavy atom. The molecular weight excluding hydrogens is 342 g/mol. The Morgan fingerprint density at radius 2 is 2.08 bits per heavy atom. The zero-order chi connectivity index (χ0) is 17.1. The highest BCUT2D eigenvalue weighted by molar-refractivity contribution is 7.22. The van der Waals surface area contributed by atoms with Gasteiger partial charge in [-0.15, -0.1) is 0 Å². The Kier molecular flexibility index (Phi) is 5.14. The van der Waals surface area contributed by atoms with Gasteiger partial charge >= 0.3 is 0 Å². The van der Waals surface area contributed by atoms with Gasteiger partial charge in [-0.2, -0.15) is 5.10 Å². The molecule has 0 saturated heterocycles. The zero-order valence-corrected chi connectivity index (χ0v) is 15.0. The molecule has 6 heteroatoms. The molecule has 3 rings (SSSR count). The summed E-state index contributed by atoms with van der Waals surface area (Å²) in [4.78, 5) is 4.59. The molecule has 3 aromatic rings. The lowest BCUT2D eigenvalue weighted by Gasteiger charge is -2.12. The number of hydrogen-bond acceptors (Lipinski definition) is 5. The first-order valence-corrected chi connectivity index (χ1v) is 8.90. The third-order valence-electron chi connectivity index (χ3n) is 3.75. The van der Waals surface area contributed by atoms with Gasteiger partial charge in [0.2, 0.25) is 5.13 Å². The van der Waals surface area contributed by atoms with Gasteiger partial charge in [-0.05, 0) is 31.0 Å². The lowest BCUT2D eigenvalue weighted by molar-refractivity contribution is 0.221. The standard InChI is InChI=1S/C18H18ClN3OS/c1-3-11(2)21-22-18-20-16-14(9-13(19)10-15(16)24-18)17(23)12-7-5-4-6-8-12/h4-10,17,23H,3H2,1-2H3,(H,20,22)/b21-11-/t17-/m1/s1. The first kappa shape index (κ1) is 16.9. The number of aliphatic hydroxyl groups is 1. The van der Waals surface area contributed by atoms with E-state index in [9.17, 15) is 5.11 Å². The van der Waals surface area contributed by atoms with Gasteiger partial charge in [0, 0.05) is 16.3 Å². The summed E-state index contributed by atoms with van der Waals surface area (Å²) < 4.78 is 0.916. The molecule has 2 aromatic carbocycles. The maximum absolute atomic E-state index is 10.7. The Balaban J connectivity index is 2.03. The third-order valence-corrected chi connectivity index (χ3v) is 4.88. The molecule has 0 aliphatic carbocycles. The highest BCUT2D eigenvalue weighted by atomic mass is 35.5. The number of nitrogens with one attached hydrogen (secondary N) is 1.